The van der Waals surface area contributed by atoms with Crippen molar-refractivity contribution < 1.29 is 9.90 Å². The topological polar surface area (TPSA) is 80.4 Å². The molecule has 118 valence electrons. The molecule has 7 heteroatoms. The Balaban J connectivity index is 2.00. The molecular weight excluding hydrogens is 372 g/mol. The van der Waals surface area contributed by atoms with Gasteiger partial charge in [-0.15, -0.1) is 0 Å². The Bertz CT molecular complexity index is 980. The van der Waals surface area contributed by atoms with E-state index in [1.54, 1.807) is 10.8 Å². The predicted octanol–water partition coefficient (Wildman–Crippen LogP) is 3.08. The van der Waals surface area contributed by atoms with E-state index in [4.69, 9.17) is 0 Å². The maximum atomic E-state index is 11.4. The van der Waals surface area contributed by atoms with Gasteiger partial charge in [-0.05, 0) is 30.3 Å². The third-order valence-electron chi connectivity index (χ3n) is 3.84. The smallest absolute Gasteiger partial charge is 0.356 e. The highest BCUT2D eigenvalue weighted by molar-refractivity contribution is 9.10. The summed E-state index contributed by atoms with van der Waals surface area (Å²) in [6, 6.07) is 11.4. The second-order valence-corrected chi connectivity index (χ2v) is 6.17. The molecule has 0 fully saturated rings. The highest BCUT2D eigenvalue weighted by Gasteiger charge is 2.24. The van der Waals surface area contributed by atoms with Crippen LogP contribution in [0, 0.1) is 0 Å². The maximum absolute atomic E-state index is 11.4. The van der Waals surface area contributed by atoms with Gasteiger partial charge in [-0.1, -0.05) is 22.0 Å². The molecule has 0 atom stereocenters. The molecule has 6 nitrogen and oxygen atoms in total. The highest BCUT2D eigenvalue weighted by atomic mass is 79.9. The highest BCUT2D eigenvalue weighted by Crippen LogP contribution is 2.28. The van der Waals surface area contributed by atoms with Crippen LogP contribution in [0.25, 0.3) is 5.69 Å². The van der Waals surface area contributed by atoms with Crippen LogP contribution in [0.3, 0.4) is 0 Å². The third-order valence-corrected chi connectivity index (χ3v) is 4.33. The minimum Gasteiger partial charge on any atom is -0.476 e. The van der Waals surface area contributed by atoms with Crippen LogP contribution >= 0.6 is 15.9 Å². The lowest BCUT2D eigenvalue weighted by atomic mass is 10.0. The van der Waals surface area contributed by atoms with Crippen LogP contribution in [0.15, 0.2) is 58.4 Å². The van der Waals surface area contributed by atoms with Gasteiger partial charge in [-0.2, -0.15) is 0 Å². The molecule has 0 unspecified atom stereocenters. The number of fused-ring (bicyclic) bond motifs is 3. The molecule has 0 bridgehead atoms. The first-order chi connectivity index (χ1) is 11.6. The monoisotopic (exact) mass is 382 g/mol. The Labute approximate surface area is 145 Å². The summed E-state index contributed by atoms with van der Waals surface area (Å²) in [5.74, 6) is -1.06. The van der Waals surface area contributed by atoms with Crippen LogP contribution in [0.2, 0.25) is 0 Å². The second kappa shape index (κ2) is 5.68. The second-order valence-electron chi connectivity index (χ2n) is 5.26. The average Bonchev–Trinajstić information content (AvgIpc) is 2.94. The number of carboxylic acid groups (broad SMARTS) is 1. The fraction of sp³-hybridized carbons (Fsp3) is 0.0588. The van der Waals surface area contributed by atoms with Crippen LogP contribution in [0.4, 0.5) is 0 Å². The molecule has 24 heavy (non-hydrogen) atoms. The molecule has 0 amide bonds. The summed E-state index contributed by atoms with van der Waals surface area (Å²) in [5.41, 5.74) is 3.75. The van der Waals surface area contributed by atoms with E-state index >= 15 is 0 Å². The van der Waals surface area contributed by atoms with E-state index in [2.05, 4.69) is 30.9 Å². The zero-order valence-corrected chi connectivity index (χ0v) is 13.9. The lowest BCUT2D eigenvalue weighted by molar-refractivity contribution is 0.0689. The van der Waals surface area contributed by atoms with Gasteiger partial charge in [0, 0.05) is 16.2 Å². The summed E-state index contributed by atoms with van der Waals surface area (Å²) in [6.45, 7) is 0.222. The van der Waals surface area contributed by atoms with Crippen LogP contribution in [0.5, 0.6) is 0 Å². The number of hydrogen-bond acceptors (Lipinski definition) is 4. The molecule has 3 aromatic rings. The summed E-state index contributed by atoms with van der Waals surface area (Å²) < 4.78 is 2.69. The van der Waals surface area contributed by atoms with Crippen LogP contribution < -0.4 is 0 Å². The van der Waals surface area contributed by atoms with Gasteiger partial charge in [0.1, 0.15) is 6.33 Å². The van der Waals surface area contributed by atoms with Crippen LogP contribution in [-0.2, 0) is 6.54 Å². The quantitative estimate of drug-likeness (QED) is 0.738. The van der Waals surface area contributed by atoms with Gasteiger partial charge in [0.05, 0.1) is 29.3 Å². The van der Waals surface area contributed by atoms with Gasteiger partial charge < -0.3 is 5.11 Å². The molecule has 1 aliphatic rings. The Morgan fingerprint density at radius 2 is 2.08 bits per heavy atom. The summed E-state index contributed by atoms with van der Waals surface area (Å²) in [5, 5.41) is 9.35. The maximum Gasteiger partial charge on any atom is 0.356 e. The number of aromatic nitrogens is 3. The summed E-state index contributed by atoms with van der Waals surface area (Å²) in [7, 11) is 0. The molecule has 1 aromatic carbocycles. The molecule has 0 saturated heterocycles. The van der Waals surface area contributed by atoms with E-state index in [0.717, 1.165) is 27.1 Å². The number of aliphatic imine (C=N–C) groups is 1. The number of halogens is 1. The first-order valence-corrected chi connectivity index (χ1v) is 8.00. The summed E-state index contributed by atoms with van der Waals surface area (Å²) in [4.78, 5) is 24.5. The van der Waals surface area contributed by atoms with Gasteiger partial charge in [-0.3, -0.25) is 14.5 Å². The number of carbonyl (C=O) groups is 1. The Hall–Kier alpha value is -2.80. The molecule has 3 heterocycles. The molecule has 2 aromatic heterocycles. The first kappa shape index (κ1) is 14.8. The number of carboxylic acids is 1. The molecular formula is C17H11BrN4O2. The lowest BCUT2D eigenvalue weighted by Gasteiger charge is -2.11. The van der Waals surface area contributed by atoms with E-state index in [1.807, 2.05) is 36.4 Å². The molecule has 0 saturated carbocycles. The van der Waals surface area contributed by atoms with Gasteiger partial charge in [-0.25, -0.2) is 9.78 Å². The van der Waals surface area contributed by atoms with Crippen molar-refractivity contribution >= 4 is 27.6 Å². The number of benzene rings is 1. The summed E-state index contributed by atoms with van der Waals surface area (Å²) >= 11 is 3.49. The number of rotatable bonds is 2. The van der Waals surface area contributed by atoms with Gasteiger partial charge in [0.2, 0.25) is 0 Å². The zero-order valence-electron chi connectivity index (χ0n) is 12.3. The number of pyridine rings is 1. The zero-order chi connectivity index (χ0) is 16.7. The van der Waals surface area contributed by atoms with E-state index < -0.39 is 5.97 Å². The third kappa shape index (κ3) is 2.33. The molecule has 0 radical (unpaired) electrons. The van der Waals surface area contributed by atoms with Crippen LogP contribution in [-0.4, -0.2) is 31.3 Å². The predicted molar refractivity (Wildman–Crippen MR) is 91.8 cm³/mol. The first-order valence-electron chi connectivity index (χ1n) is 7.21. The molecule has 0 aliphatic carbocycles. The van der Waals surface area contributed by atoms with Crippen molar-refractivity contribution in [3.8, 4) is 5.69 Å². The number of aromatic carboxylic acids is 1. The molecule has 4 rings (SSSR count). The minimum absolute atomic E-state index is 0.0230. The number of nitrogens with zero attached hydrogens (tertiary/aromatic N) is 4. The fourth-order valence-electron chi connectivity index (χ4n) is 2.78. The van der Waals surface area contributed by atoms with E-state index in [9.17, 15) is 9.90 Å². The van der Waals surface area contributed by atoms with Crippen molar-refractivity contribution in [1.29, 1.82) is 0 Å². The Morgan fingerprint density at radius 1 is 1.21 bits per heavy atom. The van der Waals surface area contributed by atoms with E-state index in [1.165, 1.54) is 6.33 Å². The lowest BCUT2D eigenvalue weighted by Crippen LogP contribution is -2.08. The standard InChI is InChI=1S/C17H11BrN4O2/c18-10-4-5-13-11(7-10)15(12-3-1-2-6-19-12)20-8-14-16(17(23)24)21-9-22(13)14/h1-7,9H,8H2,(H,23,24). The molecule has 1 aliphatic heterocycles. The van der Waals surface area contributed by atoms with Gasteiger partial charge in [0.25, 0.3) is 0 Å². The van der Waals surface area contributed by atoms with Crippen molar-refractivity contribution in [2.24, 2.45) is 4.99 Å². The molecule has 1 N–H and O–H groups in total. The number of hydrogen-bond donors (Lipinski definition) is 1. The van der Waals surface area contributed by atoms with Crippen molar-refractivity contribution in [2.45, 2.75) is 6.54 Å². The number of imidazole rings is 1. The van der Waals surface area contributed by atoms with Gasteiger partial charge >= 0.3 is 5.97 Å². The van der Waals surface area contributed by atoms with Crippen molar-refractivity contribution in [2.75, 3.05) is 0 Å². The summed E-state index contributed by atoms with van der Waals surface area (Å²) in [6.07, 6.45) is 3.24. The normalized spacial score (nSPS) is 12.8. The Kier molecular flexibility index (Phi) is 3.50. The van der Waals surface area contributed by atoms with Crippen molar-refractivity contribution in [3.63, 3.8) is 0 Å². The van der Waals surface area contributed by atoms with Crippen molar-refractivity contribution in [3.05, 3.63) is 76.0 Å². The minimum atomic E-state index is -1.06. The van der Waals surface area contributed by atoms with Crippen molar-refractivity contribution in [1.82, 2.24) is 14.5 Å². The van der Waals surface area contributed by atoms with Gasteiger partial charge in [0.15, 0.2) is 5.69 Å². The van der Waals surface area contributed by atoms with E-state index in [0.29, 0.717) is 5.69 Å². The fourth-order valence-corrected chi connectivity index (χ4v) is 3.14. The largest absolute Gasteiger partial charge is 0.476 e. The Morgan fingerprint density at radius 3 is 2.83 bits per heavy atom. The molecule has 0 spiro atoms. The average molecular weight is 383 g/mol. The van der Waals surface area contributed by atoms with E-state index in [-0.39, 0.29) is 12.2 Å². The SMILES string of the molecule is O=C(O)c1ncn2c1CN=C(c1ccccn1)c1cc(Br)ccc1-2. The van der Waals surface area contributed by atoms with Crippen LogP contribution in [0.1, 0.15) is 27.4 Å².